The van der Waals surface area contributed by atoms with E-state index in [2.05, 4.69) is 0 Å². The number of benzene rings is 2. The number of imidazole rings is 1. The molecule has 2 bridgehead atoms. The Morgan fingerprint density at radius 1 is 1.31 bits per heavy atom. The number of rotatable bonds is 4. The van der Waals surface area contributed by atoms with Crippen molar-refractivity contribution in [3.05, 3.63) is 58.4 Å². The van der Waals surface area contributed by atoms with Crippen molar-refractivity contribution in [3.63, 3.8) is 0 Å². The first-order chi connectivity index (χ1) is 13.9. The van der Waals surface area contributed by atoms with E-state index >= 15 is 0 Å². The third-order valence-corrected chi connectivity index (χ3v) is 5.83. The number of ether oxygens (including phenoxy) is 1. The van der Waals surface area contributed by atoms with Crippen molar-refractivity contribution >= 4 is 28.6 Å². The lowest BCUT2D eigenvalue weighted by Gasteiger charge is -2.26. The number of nitrogens with zero attached hydrogens (tertiary/aromatic N) is 3. The van der Waals surface area contributed by atoms with E-state index in [1.165, 1.54) is 6.07 Å². The minimum Gasteiger partial charge on any atom is -0.480 e. The van der Waals surface area contributed by atoms with Crippen molar-refractivity contribution in [1.29, 1.82) is 0 Å². The van der Waals surface area contributed by atoms with Gasteiger partial charge in [0.15, 0.2) is 0 Å². The number of hydrogen-bond donors (Lipinski definition) is 1. The highest BCUT2D eigenvalue weighted by Crippen LogP contribution is 2.50. The second-order valence-corrected chi connectivity index (χ2v) is 7.68. The van der Waals surface area contributed by atoms with E-state index in [1.54, 1.807) is 24.3 Å². The number of fused-ring (bicyclic) bond motifs is 9. The van der Waals surface area contributed by atoms with Crippen molar-refractivity contribution in [1.82, 2.24) is 14.5 Å². The molecule has 5 rings (SSSR count). The van der Waals surface area contributed by atoms with Gasteiger partial charge in [-0.3, -0.25) is 9.69 Å². The van der Waals surface area contributed by atoms with Gasteiger partial charge in [-0.2, -0.15) is 8.78 Å². The second kappa shape index (κ2) is 6.67. The number of halogens is 3. The van der Waals surface area contributed by atoms with Crippen LogP contribution in [0.25, 0.3) is 11.0 Å². The Morgan fingerprint density at radius 2 is 2.14 bits per heavy atom. The number of hydrogen-bond acceptors (Lipinski definition) is 4. The number of carboxylic acid groups (broad SMARTS) is 1. The van der Waals surface area contributed by atoms with E-state index in [-0.39, 0.29) is 24.4 Å². The van der Waals surface area contributed by atoms with Gasteiger partial charge in [0, 0.05) is 17.1 Å². The van der Waals surface area contributed by atoms with Gasteiger partial charge in [0.2, 0.25) is 0 Å². The van der Waals surface area contributed by atoms with Crippen LogP contribution in [0.2, 0.25) is 5.02 Å². The Bertz CT molecular complexity index is 1130. The maximum Gasteiger partial charge on any atom is 0.387 e. The van der Waals surface area contributed by atoms with Gasteiger partial charge < -0.3 is 14.4 Å². The Kier molecular flexibility index (Phi) is 4.22. The molecular weight excluding hydrogens is 404 g/mol. The summed E-state index contributed by atoms with van der Waals surface area (Å²) in [5.74, 6) is -0.135. The van der Waals surface area contributed by atoms with Gasteiger partial charge in [0.25, 0.3) is 0 Å². The van der Waals surface area contributed by atoms with Crippen molar-refractivity contribution < 1.29 is 23.4 Å². The lowest BCUT2D eigenvalue weighted by atomic mass is 9.98. The van der Waals surface area contributed by atoms with Gasteiger partial charge >= 0.3 is 12.6 Å². The van der Waals surface area contributed by atoms with Gasteiger partial charge in [-0.1, -0.05) is 23.7 Å². The van der Waals surface area contributed by atoms with Crippen LogP contribution in [0.15, 0.2) is 36.4 Å². The second-order valence-electron chi connectivity index (χ2n) is 7.25. The zero-order chi connectivity index (χ0) is 20.3. The predicted octanol–water partition coefficient (Wildman–Crippen LogP) is 4.23. The molecule has 29 heavy (non-hydrogen) atoms. The van der Waals surface area contributed by atoms with Gasteiger partial charge in [-0.25, -0.2) is 4.98 Å². The molecule has 3 heterocycles. The summed E-state index contributed by atoms with van der Waals surface area (Å²) >= 11 is 6.20. The number of aromatic nitrogens is 2. The normalized spacial score (nSPS) is 20.6. The van der Waals surface area contributed by atoms with Crippen molar-refractivity contribution in [2.45, 2.75) is 31.7 Å². The van der Waals surface area contributed by atoms with E-state index < -0.39 is 12.6 Å². The minimum atomic E-state index is -2.95. The monoisotopic (exact) mass is 419 g/mol. The Hall–Kier alpha value is -2.71. The average Bonchev–Trinajstić information content (AvgIpc) is 3.12. The highest BCUT2D eigenvalue weighted by molar-refractivity contribution is 6.31. The quantitative estimate of drug-likeness (QED) is 0.685. The topological polar surface area (TPSA) is 67.6 Å². The molecule has 2 aliphatic heterocycles. The highest BCUT2D eigenvalue weighted by Gasteiger charge is 2.43. The van der Waals surface area contributed by atoms with Crippen molar-refractivity contribution in [2.24, 2.45) is 0 Å². The first-order valence-corrected chi connectivity index (χ1v) is 9.50. The van der Waals surface area contributed by atoms with Gasteiger partial charge in [0.1, 0.15) is 11.6 Å². The van der Waals surface area contributed by atoms with Crippen LogP contribution in [0.3, 0.4) is 0 Å². The SMILES string of the molecule is O=C(O)CN1Cc2cccc(OC(F)F)c2[C@H]2C[C@@H]1c1nc3ccc(Cl)cc3n12. The molecule has 2 atom stereocenters. The molecule has 0 saturated carbocycles. The molecule has 9 heteroatoms. The van der Waals surface area contributed by atoms with Crippen LogP contribution in [0.4, 0.5) is 8.78 Å². The van der Waals surface area contributed by atoms with Gasteiger partial charge in [0.05, 0.1) is 29.7 Å². The maximum absolute atomic E-state index is 13.1. The molecule has 0 unspecified atom stereocenters. The molecule has 0 amide bonds. The highest BCUT2D eigenvalue weighted by atomic mass is 35.5. The average molecular weight is 420 g/mol. The lowest BCUT2D eigenvalue weighted by Crippen LogP contribution is -2.32. The van der Waals surface area contributed by atoms with Crippen LogP contribution in [0.1, 0.15) is 35.5 Å². The third-order valence-electron chi connectivity index (χ3n) is 5.59. The molecule has 1 aromatic heterocycles. The smallest absolute Gasteiger partial charge is 0.387 e. The molecule has 1 N–H and O–H groups in total. The van der Waals surface area contributed by atoms with Crippen LogP contribution in [-0.4, -0.2) is 38.7 Å². The van der Waals surface area contributed by atoms with Gasteiger partial charge in [-0.15, -0.1) is 0 Å². The summed E-state index contributed by atoms with van der Waals surface area (Å²) in [4.78, 5) is 18.0. The van der Waals surface area contributed by atoms with E-state index in [9.17, 15) is 18.7 Å². The van der Waals surface area contributed by atoms with E-state index in [1.807, 2.05) is 15.5 Å². The minimum absolute atomic E-state index is 0.107. The molecule has 0 saturated heterocycles. The third kappa shape index (κ3) is 2.94. The molecule has 0 spiro atoms. The van der Waals surface area contributed by atoms with E-state index in [0.29, 0.717) is 29.4 Å². The molecule has 6 nitrogen and oxygen atoms in total. The zero-order valence-corrected chi connectivity index (χ0v) is 15.8. The fourth-order valence-electron chi connectivity index (χ4n) is 4.60. The number of carboxylic acids is 1. The Morgan fingerprint density at radius 3 is 2.90 bits per heavy atom. The van der Waals surface area contributed by atoms with Crippen LogP contribution >= 0.6 is 11.6 Å². The summed E-state index contributed by atoms with van der Waals surface area (Å²) in [6, 6.07) is 9.78. The Balaban J connectivity index is 1.76. The molecular formula is C20H16ClF2N3O3. The predicted molar refractivity (Wildman–Crippen MR) is 101 cm³/mol. The van der Waals surface area contributed by atoms with Crippen LogP contribution in [0, 0.1) is 0 Å². The van der Waals surface area contributed by atoms with Gasteiger partial charge in [-0.05, 0) is 36.2 Å². The van der Waals surface area contributed by atoms with E-state index in [4.69, 9.17) is 21.3 Å². The summed E-state index contributed by atoms with van der Waals surface area (Å²) in [5.41, 5.74) is 2.93. The number of aliphatic carboxylic acids is 1. The molecule has 0 radical (unpaired) electrons. The largest absolute Gasteiger partial charge is 0.480 e. The number of alkyl halides is 2. The van der Waals surface area contributed by atoms with E-state index in [0.717, 1.165) is 16.6 Å². The summed E-state index contributed by atoms with van der Waals surface area (Å²) in [5, 5.41) is 9.96. The fourth-order valence-corrected chi connectivity index (χ4v) is 4.77. The molecule has 0 aliphatic carbocycles. The van der Waals surface area contributed by atoms with Crippen LogP contribution < -0.4 is 4.74 Å². The van der Waals surface area contributed by atoms with Crippen LogP contribution in [0.5, 0.6) is 5.75 Å². The standard InChI is InChI=1S/C20H16ClF2N3O3/c21-11-4-5-12-13(6-11)26-14-7-15(19(26)24-12)25(9-17(27)28)8-10-2-1-3-16(18(10)14)29-20(22)23/h1-6,14-15,20H,7-9H2,(H,27,28)/t14-,15-/m1/s1. The maximum atomic E-state index is 13.1. The summed E-state index contributed by atoms with van der Waals surface area (Å²) in [6.07, 6.45) is 0.522. The van der Waals surface area contributed by atoms with Crippen molar-refractivity contribution in [2.75, 3.05) is 6.54 Å². The van der Waals surface area contributed by atoms with Crippen molar-refractivity contribution in [3.8, 4) is 5.75 Å². The number of carbonyl (C=O) groups is 1. The molecule has 2 aromatic carbocycles. The van der Waals surface area contributed by atoms with Crippen LogP contribution in [-0.2, 0) is 11.3 Å². The summed E-state index contributed by atoms with van der Waals surface area (Å²) in [6.45, 7) is -2.82. The summed E-state index contributed by atoms with van der Waals surface area (Å²) in [7, 11) is 0. The molecule has 150 valence electrons. The lowest BCUT2D eigenvalue weighted by molar-refractivity contribution is -0.139. The molecule has 2 aliphatic rings. The first-order valence-electron chi connectivity index (χ1n) is 9.12. The fraction of sp³-hybridized carbons (Fsp3) is 0.300. The molecule has 3 aromatic rings. The molecule has 0 fully saturated rings. The zero-order valence-electron chi connectivity index (χ0n) is 15.1. The summed E-state index contributed by atoms with van der Waals surface area (Å²) < 4.78 is 33.0. The Labute approximate surface area is 169 Å². The first kappa shape index (κ1) is 18.3.